The lowest BCUT2D eigenvalue weighted by Crippen LogP contribution is -2.50. The Hall–Kier alpha value is -1.10. The second-order valence-corrected chi connectivity index (χ2v) is 5.60. The van der Waals surface area contributed by atoms with E-state index in [9.17, 15) is 14.7 Å². The van der Waals surface area contributed by atoms with Gasteiger partial charge < -0.3 is 15.3 Å². The highest BCUT2D eigenvalue weighted by Crippen LogP contribution is 2.21. The Morgan fingerprint density at radius 1 is 1.61 bits per heavy atom. The van der Waals surface area contributed by atoms with E-state index in [0.717, 1.165) is 0 Å². The predicted molar refractivity (Wildman–Crippen MR) is 68.9 cm³/mol. The van der Waals surface area contributed by atoms with E-state index in [1.165, 1.54) is 0 Å². The number of hydrogen-bond acceptors (Lipinski definition) is 3. The number of nitrogens with zero attached hydrogens (tertiary/aromatic N) is 1. The van der Waals surface area contributed by atoms with E-state index in [0.29, 0.717) is 13.0 Å². The molecule has 5 nitrogen and oxygen atoms in total. The lowest BCUT2D eigenvalue weighted by molar-refractivity contribution is -0.130. The Morgan fingerprint density at radius 2 is 2.22 bits per heavy atom. The first-order valence-corrected chi connectivity index (χ1v) is 6.55. The summed E-state index contributed by atoms with van der Waals surface area (Å²) in [5.41, 5.74) is -0.592. The third-order valence-corrected chi connectivity index (χ3v) is 3.71. The van der Waals surface area contributed by atoms with Crippen molar-refractivity contribution in [3.05, 3.63) is 0 Å². The maximum absolute atomic E-state index is 12.1. The fourth-order valence-corrected chi connectivity index (χ4v) is 2.05. The smallest absolute Gasteiger partial charge is 0.225 e. The second kappa shape index (κ2) is 5.69. The molecule has 1 aliphatic heterocycles. The minimum Gasteiger partial charge on any atom is -0.394 e. The summed E-state index contributed by atoms with van der Waals surface area (Å²) >= 11 is 0. The molecule has 2 N–H and O–H groups in total. The number of carbonyl (C=O) groups excluding carboxylic acids is 2. The van der Waals surface area contributed by atoms with Gasteiger partial charge in [0.25, 0.3) is 0 Å². The molecule has 2 amide bonds. The molecule has 2 atom stereocenters. The van der Waals surface area contributed by atoms with Gasteiger partial charge in [-0.1, -0.05) is 6.92 Å². The number of rotatable bonds is 5. The zero-order chi connectivity index (χ0) is 13.9. The molecule has 1 aliphatic rings. The van der Waals surface area contributed by atoms with Gasteiger partial charge in [-0.05, 0) is 27.2 Å². The summed E-state index contributed by atoms with van der Waals surface area (Å²) in [4.78, 5) is 25.6. The van der Waals surface area contributed by atoms with Crippen molar-refractivity contribution in [1.82, 2.24) is 10.2 Å². The number of carbonyl (C=O) groups is 2. The topological polar surface area (TPSA) is 69.6 Å². The quantitative estimate of drug-likeness (QED) is 0.753. The minimum absolute atomic E-state index is 0.0346. The van der Waals surface area contributed by atoms with E-state index < -0.39 is 5.54 Å². The lowest BCUT2D eigenvalue weighted by Gasteiger charge is -2.28. The number of aliphatic hydroxyl groups excluding tert-OH is 1. The standard InChI is InChI=1S/C13H24N2O3/c1-5-13(4,8-16)14-12(18)10-6-11(17)15(7-10)9(2)3/h9-10,16H,5-8H2,1-4H3,(H,14,18). The van der Waals surface area contributed by atoms with Gasteiger partial charge in [-0.15, -0.1) is 0 Å². The van der Waals surface area contributed by atoms with Gasteiger partial charge in [0.1, 0.15) is 0 Å². The molecule has 0 saturated carbocycles. The van der Waals surface area contributed by atoms with E-state index >= 15 is 0 Å². The average Bonchev–Trinajstić information content (AvgIpc) is 2.71. The van der Waals surface area contributed by atoms with Crippen LogP contribution in [0.4, 0.5) is 0 Å². The van der Waals surface area contributed by atoms with Crippen molar-refractivity contribution >= 4 is 11.8 Å². The predicted octanol–water partition coefficient (Wildman–Crippen LogP) is 0.520. The van der Waals surface area contributed by atoms with Crippen LogP contribution in [0.5, 0.6) is 0 Å². The van der Waals surface area contributed by atoms with Gasteiger partial charge in [0.15, 0.2) is 0 Å². The van der Waals surface area contributed by atoms with Crippen molar-refractivity contribution in [1.29, 1.82) is 0 Å². The Labute approximate surface area is 109 Å². The van der Waals surface area contributed by atoms with Crippen LogP contribution in [0.2, 0.25) is 0 Å². The van der Waals surface area contributed by atoms with E-state index in [1.54, 1.807) is 4.90 Å². The summed E-state index contributed by atoms with van der Waals surface area (Å²) in [6.45, 7) is 8.00. The van der Waals surface area contributed by atoms with E-state index in [4.69, 9.17) is 0 Å². The lowest BCUT2D eigenvalue weighted by atomic mass is 9.98. The summed E-state index contributed by atoms with van der Waals surface area (Å²) < 4.78 is 0. The molecule has 0 spiro atoms. The van der Waals surface area contributed by atoms with Crippen LogP contribution in [-0.2, 0) is 9.59 Å². The molecule has 1 heterocycles. The fourth-order valence-electron chi connectivity index (χ4n) is 2.05. The fraction of sp³-hybridized carbons (Fsp3) is 0.846. The maximum Gasteiger partial charge on any atom is 0.225 e. The molecular weight excluding hydrogens is 232 g/mol. The largest absolute Gasteiger partial charge is 0.394 e. The Kier molecular flexibility index (Phi) is 4.73. The molecule has 1 saturated heterocycles. The molecule has 1 rings (SSSR count). The third kappa shape index (κ3) is 3.22. The number of aliphatic hydroxyl groups is 1. The first-order chi connectivity index (χ1) is 8.33. The average molecular weight is 256 g/mol. The monoisotopic (exact) mass is 256 g/mol. The Morgan fingerprint density at radius 3 is 2.61 bits per heavy atom. The molecule has 0 radical (unpaired) electrons. The molecule has 18 heavy (non-hydrogen) atoms. The van der Waals surface area contributed by atoms with Gasteiger partial charge in [-0.2, -0.15) is 0 Å². The maximum atomic E-state index is 12.1. The first-order valence-electron chi connectivity index (χ1n) is 6.55. The summed E-state index contributed by atoms with van der Waals surface area (Å²) in [6, 6.07) is 0.130. The van der Waals surface area contributed by atoms with Gasteiger partial charge in [0.2, 0.25) is 11.8 Å². The highest BCUT2D eigenvalue weighted by atomic mass is 16.3. The molecule has 0 aromatic heterocycles. The van der Waals surface area contributed by atoms with Gasteiger partial charge >= 0.3 is 0 Å². The number of hydrogen-bond donors (Lipinski definition) is 2. The second-order valence-electron chi connectivity index (χ2n) is 5.60. The van der Waals surface area contributed by atoms with Crippen LogP contribution in [0, 0.1) is 5.92 Å². The minimum atomic E-state index is -0.592. The number of amides is 2. The van der Waals surface area contributed by atoms with Crippen molar-refractivity contribution in [3.8, 4) is 0 Å². The highest BCUT2D eigenvalue weighted by molar-refractivity contribution is 5.89. The molecule has 0 aromatic rings. The SMILES string of the molecule is CCC(C)(CO)NC(=O)C1CC(=O)N(C(C)C)C1. The van der Waals surface area contributed by atoms with E-state index in [1.807, 2.05) is 27.7 Å². The zero-order valence-corrected chi connectivity index (χ0v) is 11.7. The summed E-state index contributed by atoms with van der Waals surface area (Å²) in [5.74, 6) is -0.394. The third-order valence-electron chi connectivity index (χ3n) is 3.71. The van der Waals surface area contributed by atoms with E-state index in [2.05, 4.69) is 5.32 Å². The molecule has 1 fully saturated rings. The summed E-state index contributed by atoms with van der Waals surface area (Å²) in [5, 5.41) is 12.1. The molecule has 0 bridgehead atoms. The van der Waals surface area contributed by atoms with Gasteiger partial charge in [-0.25, -0.2) is 0 Å². The zero-order valence-electron chi connectivity index (χ0n) is 11.7. The molecule has 2 unspecified atom stereocenters. The molecule has 0 aliphatic carbocycles. The molecule has 5 heteroatoms. The van der Waals surface area contributed by atoms with Crippen molar-refractivity contribution in [2.75, 3.05) is 13.2 Å². The Bertz CT molecular complexity index is 324. The number of nitrogens with one attached hydrogen (secondary N) is 1. The highest BCUT2D eigenvalue weighted by Gasteiger charge is 2.37. The number of likely N-dealkylation sites (tertiary alicyclic amines) is 1. The molecule has 0 aromatic carbocycles. The normalized spacial score (nSPS) is 23.3. The van der Waals surface area contributed by atoms with Crippen LogP contribution in [0.1, 0.15) is 40.5 Å². The van der Waals surface area contributed by atoms with Crippen molar-refractivity contribution < 1.29 is 14.7 Å². The van der Waals surface area contributed by atoms with E-state index in [-0.39, 0.29) is 36.8 Å². The summed E-state index contributed by atoms with van der Waals surface area (Å²) in [6.07, 6.45) is 0.930. The van der Waals surface area contributed by atoms with Gasteiger partial charge in [-0.3, -0.25) is 9.59 Å². The van der Waals surface area contributed by atoms with Gasteiger partial charge in [0, 0.05) is 19.0 Å². The van der Waals surface area contributed by atoms with Gasteiger partial charge in [0.05, 0.1) is 18.1 Å². The molecular formula is C13H24N2O3. The molecule has 104 valence electrons. The van der Waals surface area contributed by atoms with Crippen molar-refractivity contribution in [3.63, 3.8) is 0 Å². The summed E-state index contributed by atoms with van der Waals surface area (Å²) in [7, 11) is 0. The van der Waals surface area contributed by atoms with Crippen LogP contribution in [0.25, 0.3) is 0 Å². The van der Waals surface area contributed by atoms with Crippen LogP contribution < -0.4 is 5.32 Å². The van der Waals surface area contributed by atoms with Crippen LogP contribution in [0.3, 0.4) is 0 Å². The van der Waals surface area contributed by atoms with Crippen LogP contribution in [0.15, 0.2) is 0 Å². The van der Waals surface area contributed by atoms with Crippen molar-refractivity contribution in [2.24, 2.45) is 5.92 Å². The van der Waals surface area contributed by atoms with Crippen LogP contribution >= 0.6 is 0 Å². The van der Waals surface area contributed by atoms with Crippen LogP contribution in [-0.4, -0.2) is 46.6 Å². The Balaban J connectivity index is 2.62. The van der Waals surface area contributed by atoms with Crippen molar-refractivity contribution in [2.45, 2.75) is 52.1 Å². The first kappa shape index (κ1) is 15.0.